The zero-order valence-electron chi connectivity index (χ0n) is 12.6. The highest BCUT2D eigenvalue weighted by molar-refractivity contribution is 5.85. The summed E-state index contributed by atoms with van der Waals surface area (Å²) in [5, 5.41) is 17.1. The van der Waals surface area contributed by atoms with Gasteiger partial charge in [0.05, 0.1) is 4.92 Å². The van der Waals surface area contributed by atoms with Crippen LogP contribution in [0.3, 0.4) is 0 Å². The van der Waals surface area contributed by atoms with Crippen LogP contribution in [0.4, 0.5) is 5.69 Å². The number of nitro benzene ring substituents is 1. The van der Waals surface area contributed by atoms with Crippen LogP contribution >= 0.6 is 12.4 Å². The van der Waals surface area contributed by atoms with Gasteiger partial charge >= 0.3 is 0 Å². The van der Waals surface area contributed by atoms with Gasteiger partial charge in [0.1, 0.15) is 0 Å². The normalized spacial score (nSPS) is 16.9. The summed E-state index contributed by atoms with van der Waals surface area (Å²) in [6.07, 6.45) is 3.65. The van der Waals surface area contributed by atoms with Crippen molar-refractivity contribution in [2.45, 2.75) is 45.2 Å². The lowest BCUT2D eigenvalue weighted by atomic mass is 10.1. The Kier molecular flexibility index (Phi) is 7.27. The second kappa shape index (κ2) is 8.70. The van der Waals surface area contributed by atoms with E-state index in [-0.39, 0.29) is 24.0 Å². The number of rotatable bonds is 6. The molecule has 1 unspecified atom stereocenters. The Morgan fingerprint density at radius 3 is 2.91 bits per heavy atom. The molecule has 1 aromatic rings. The zero-order chi connectivity index (χ0) is 15.2. The van der Waals surface area contributed by atoms with Gasteiger partial charge < -0.3 is 10.6 Å². The number of hydrogen-bond acceptors (Lipinski definition) is 4. The van der Waals surface area contributed by atoms with Crippen molar-refractivity contribution in [3.8, 4) is 0 Å². The molecule has 2 rings (SSSR count). The van der Waals surface area contributed by atoms with E-state index in [9.17, 15) is 14.9 Å². The summed E-state index contributed by atoms with van der Waals surface area (Å²) in [5.74, 6) is -0.00499. The molecule has 1 atom stereocenters. The minimum Gasteiger partial charge on any atom is -0.352 e. The fourth-order valence-corrected chi connectivity index (χ4v) is 2.65. The summed E-state index contributed by atoms with van der Waals surface area (Å²) in [5.41, 5.74) is 1.49. The van der Waals surface area contributed by atoms with E-state index in [1.165, 1.54) is 12.5 Å². The van der Waals surface area contributed by atoms with Crippen LogP contribution < -0.4 is 10.6 Å². The van der Waals surface area contributed by atoms with E-state index in [1.54, 1.807) is 19.1 Å². The summed E-state index contributed by atoms with van der Waals surface area (Å²) >= 11 is 0. The van der Waals surface area contributed by atoms with Crippen LogP contribution in [0, 0.1) is 17.0 Å². The van der Waals surface area contributed by atoms with Crippen molar-refractivity contribution in [2.24, 2.45) is 0 Å². The maximum Gasteiger partial charge on any atom is 0.272 e. The summed E-state index contributed by atoms with van der Waals surface area (Å²) in [4.78, 5) is 22.3. The molecule has 7 heteroatoms. The lowest BCUT2D eigenvalue weighted by Gasteiger charge is -2.11. The van der Waals surface area contributed by atoms with Gasteiger partial charge in [-0.2, -0.15) is 0 Å². The van der Waals surface area contributed by atoms with E-state index in [0.29, 0.717) is 24.6 Å². The highest BCUT2D eigenvalue weighted by atomic mass is 35.5. The molecular formula is C15H22ClN3O3. The summed E-state index contributed by atoms with van der Waals surface area (Å²) < 4.78 is 0. The number of halogens is 1. The van der Waals surface area contributed by atoms with E-state index in [0.717, 1.165) is 24.9 Å². The molecule has 1 aliphatic heterocycles. The van der Waals surface area contributed by atoms with Gasteiger partial charge in [-0.1, -0.05) is 12.1 Å². The quantitative estimate of drug-likeness (QED) is 0.621. The lowest BCUT2D eigenvalue weighted by Crippen LogP contribution is -2.27. The molecule has 1 saturated heterocycles. The van der Waals surface area contributed by atoms with Crippen LogP contribution in [0.25, 0.3) is 0 Å². The number of nitrogens with one attached hydrogen (secondary N) is 2. The van der Waals surface area contributed by atoms with Gasteiger partial charge in [-0.25, -0.2) is 0 Å². The molecule has 0 saturated carbocycles. The minimum absolute atomic E-state index is 0. The van der Waals surface area contributed by atoms with E-state index < -0.39 is 4.92 Å². The van der Waals surface area contributed by atoms with Crippen molar-refractivity contribution in [1.82, 2.24) is 10.6 Å². The van der Waals surface area contributed by atoms with Crippen molar-refractivity contribution >= 4 is 24.0 Å². The molecule has 1 aliphatic rings. The Morgan fingerprint density at radius 2 is 2.27 bits per heavy atom. The number of nitro groups is 1. The van der Waals surface area contributed by atoms with Crippen LogP contribution in [-0.4, -0.2) is 23.4 Å². The molecule has 1 amide bonds. The second-order valence-electron chi connectivity index (χ2n) is 5.43. The third-order valence-corrected chi connectivity index (χ3v) is 3.97. The Labute approximate surface area is 136 Å². The molecule has 6 nitrogen and oxygen atoms in total. The highest BCUT2D eigenvalue weighted by Crippen LogP contribution is 2.20. The molecule has 122 valence electrons. The third kappa shape index (κ3) is 4.96. The number of amides is 1. The minimum atomic E-state index is -0.396. The largest absolute Gasteiger partial charge is 0.352 e. The maximum absolute atomic E-state index is 11.8. The Hall–Kier alpha value is -1.66. The molecule has 0 spiro atoms. The highest BCUT2D eigenvalue weighted by Gasteiger charge is 2.16. The number of nitrogens with zero attached hydrogens (tertiary/aromatic N) is 1. The molecule has 2 N–H and O–H groups in total. The van der Waals surface area contributed by atoms with E-state index in [1.807, 2.05) is 0 Å². The molecule has 0 aliphatic carbocycles. The first-order chi connectivity index (χ1) is 10.1. The number of carbonyl (C=O) groups excluding carboxylic acids is 1. The standard InChI is InChI=1S/C15H21N3O3.ClH/c1-11-12(4-2-6-14(11)18(20)21)10-17-15(19)8-7-13-5-3-9-16-13;/h2,4,6,13,16H,3,5,7-10H2,1H3,(H,17,19);1H. The van der Waals surface area contributed by atoms with Gasteiger partial charge in [0.2, 0.25) is 5.91 Å². The Bertz CT molecular complexity index is 531. The van der Waals surface area contributed by atoms with Crippen molar-refractivity contribution < 1.29 is 9.72 Å². The smallest absolute Gasteiger partial charge is 0.272 e. The number of benzene rings is 1. The van der Waals surface area contributed by atoms with Gasteiger partial charge in [0.15, 0.2) is 0 Å². The molecular weight excluding hydrogens is 306 g/mol. The van der Waals surface area contributed by atoms with Crippen molar-refractivity contribution in [1.29, 1.82) is 0 Å². The van der Waals surface area contributed by atoms with Gasteiger partial charge in [0.25, 0.3) is 5.69 Å². The fourth-order valence-electron chi connectivity index (χ4n) is 2.65. The predicted molar refractivity (Wildman–Crippen MR) is 87.2 cm³/mol. The summed E-state index contributed by atoms with van der Waals surface area (Å²) in [7, 11) is 0. The van der Waals surface area contributed by atoms with Gasteiger partial charge in [-0.3, -0.25) is 14.9 Å². The fraction of sp³-hybridized carbons (Fsp3) is 0.533. The van der Waals surface area contributed by atoms with Crippen LogP contribution in [0.15, 0.2) is 18.2 Å². The Balaban J connectivity index is 0.00000242. The van der Waals surface area contributed by atoms with E-state index in [2.05, 4.69) is 10.6 Å². The average Bonchev–Trinajstić information content (AvgIpc) is 2.97. The maximum atomic E-state index is 11.8. The molecule has 0 aromatic heterocycles. The van der Waals surface area contributed by atoms with Crippen molar-refractivity contribution in [3.05, 3.63) is 39.4 Å². The third-order valence-electron chi connectivity index (χ3n) is 3.97. The van der Waals surface area contributed by atoms with Crippen LogP contribution in [0.2, 0.25) is 0 Å². The first-order valence-corrected chi connectivity index (χ1v) is 7.31. The first-order valence-electron chi connectivity index (χ1n) is 7.31. The van der Waals surface area contributed by atoms with Crippen molar-refractivity contribution in [3.63, 3.8) is 0 Å². The van der Waals surface area contributed by atoms with Gasteiger partial charge in [-0.15, -0.1) is 12.4 Å². The zero-order valence-corrected chi connectivity index (χ0v) is 13.4. The SMILES string of the molecule is Cc1c(CNC(=O)CCC2CCCN2)cccc1[N+](=O)[O-].Cl. The van der Waals surface area contributed by atoms with Crippen LogP contribution in [-0.2, 0) is 11.3 Å². The predicted octanol–water partition coefficient (Wildman–Crippen LogP) is 2.47. The molecule has 22 heavy (non-hydrogen) atoms. The lowest BCUT2D eigenvalue weighted by molar-refractivity contribution is -0.385. The molecule has 0 bridgehead atoms. The molecule has 1 aromatic carbocycles. The van der Waals surface area contributed by atoms with Crippen LogP contribution in [0.5, 0.6) is 0 Å². The molecule has 1 fully saturated rings. The van der Waals surface area contributed by atoms with E-state index in [4.69, 9.17) is 0 Å². The van der Waals surface area contributed by atoms with E-state index >= 15 is 0 Å². The number of carbonyl (C=O) groups is 1. The van der Waals surface area contributed by atoms with Gasteiger partial charge in [-0.05, 0) is 38.3 Å². The first kappa shape index (κ1) is 18.4. The second-order valence-corrected chi connectivity index (χ2v) is 5.43. The average molecular weight is 328 g/mol. The summed E-state index contributed by atoms with van der Waals surface area (Å²) in [6, 6.07) is 5.39. The monoisotopic (exact) mass is 327 g/mol. The molecule has 0 radical (unpaired) electrons. The molecule has 1 heterocycles. The topological polar surface area (TPSA) is 84.3 Å². The number of hydrogen-bond donors (Lipinski definition) is 2. The van der Waals surface area contributed by atoms with Crippen LogP contribution in [0.1, 0.15) is 36.8 Å². The summed E-state index contributed by atoms with van der Waals surface area (Å²) in [6.45, 7) is 3.09. The van der Waals surface area contributed by atoms with Gasteiger partial charge in [0, 0.05) is 30.6 Å². The van der Waals surface area contributed by atoms with Crippen molar-refractivity contribution in [2.75, 3.05) is 6.54 Å². The Morgan fingerprint density at radius 1 is 1.50 bits per heavy atom.